The van der Waals surface area contributed by atoms with E-state index in [2.05, 4.69) is 0 Å². The van der Waals surface area contributed by atoms with E-state index < -0.39 is 5.97 Å². The van der Waals surface area contributed by atoms with Crippen LogP contribution in [0.25, 0.3) is 0 Å². The molecule has 5 heteroatoms. The van der Waals surface area contributed by atoms with Crippen LogP contribution in [-0.2, 0) is 4.74 Å². The second-order valence-corrected chi connectivity index (χ2v) is 5.54. The first-order valence-electron chi connectivity index (χ1n) is 6.03. The molecule has 0 radical (unpaired) electrons. The predicted octanol–water partition coefficient (Wildman–Crippen LogP) is 4.37. The van der Waals surface area contributed by atoms with E-state index in [0.29, 0.717) is 5.02 Å². The summed E-state index contributed by atoms with van der Waals surface area (Å²) in [5.41, 5.74) is 0.172. The highest BCUT2D eigenvalue weighted by molar-refractivity contribution is 7.99. The van der Waals surface area contributed by atoms with Crippen LogP contribution in [0.5, 0.6) is 5.75 Å². The van der Waals surface area contributed by atoms with E-state index in [9.17, 15) is 9.90 Å². The molecule has 0 unspecified atom stereocenters. The van der Waals surface area contributed by atoms with Gasteiger partial charge >= 0.3 is 5.97 Å². The Morgan fingerprint density at radius 2 is 1.85 bits per heavy atom. The van der Waals surface area contributed by atoms with E-state index >= 15 is 0 Å². The number of carbonyl (C=O) groups is 1. The molecule has 0 fully saturated rings. The van der Waals surface area contributed by atoms with Gasteiger partial charge in [0.2, 0.25) is 0 Å². The van der Waals surface area contributed by atoms with E-state index in [4.69, 9.17) is 16.3 Å². The third-order valence-electron chi connectivity index (χ3n) is 2.51. The maximum atomic E-state index is 11.7. The molecule has 0 spiro atoms. The smallest absolute Gasteiger partial charge is 0.341 e. The molecule has 20 heavy (non-hydrogen) atoms. The number of benzene rings is 2. The summed E-state index contributed by atoms with van der Waals surface area (Å²) in [6.45, 7) is 1.99. The molecule has 1 N–H and O–H groups in total. The highest BCUT2D eigenvalue weighted by atomic mass is 35.5. The Morgan fingerprint density at radius 1 is 1.20 bits per heavy atom. The van der Waals surface area contributed by atoms with Gasteiger partial charge in [0, 0.05) is 14.8 Å². The van der Waals surface area contributed by atoms with Crippen LogP contribution in [0.3, 0.4) is 0 Å². The van der Waals surface area contributed by atoms with Gasteiger partial charge in [0.1, 0.15) is 11.3 Å². The minimum Gasteiger partial charge on any atom is -0.507 e. The minimum absolute atomic E-state index is 0.0797. The van der Waals surface area contributed by atoms with Crippen molar-refractivity contribution in [2.24, 2.45) is 0 Å². The topological polar surface area (TPSA) is 46.5 Å². The van der Waals surface area contributed by atoms with Gasteiger partial charge in [-0.3, -0.25) is 0 Å². The van der Waals surface area contributed by atoms with Crippen LogP contribution in [0.2, 0.25) is 5.02 Å². The predicted molar refractivity (Wildman–Crippen MR) is 79.6 cm³/mol. The van der Waals surface area contributed by atoms with Gasteiger partial charge in [-0.2, -0.15) is 0 Å². The average molecular weight is 309 g/mol. The normalized spacial score (nSPS) is 10.3. The Hall–Kier alpha value is -1.65. The zero-order chi connectivity index (χ0) is 14.5. The molecule has 2 aromatic carbocycles. The van der Waals surface area contributed by atoms with Crippen molar-refractivity contribution in [2.45, 2.75) is 16.7 Å². The van der Waals surface area contributed by atoms with Crippen LogP contribution < -0.4 is 0 Å². The van der Waals surface area contributed by atoms with E-state index in [-0.39, 0.29) is 17.9 Å². The van der Waals surface area contributed by atoms with Crippen molar-refractivity contribution in [1.82, 2.24) is 0 Å². The van der Waals surface area contributed by atoms with Crippen molar-refractivity contribution in [3.63, 3.8) is 0 Å². The Morgan fingerprint density at radius 3 is 2.50 bits per heavy atom. The van der Waals surface area contributed by atoms with Crippen molar-refractivity contribution in [3.05, 3.63) is 53.1 Å². The largest absolute Gasteiger partial charge is 0.507 e. The Bertz CT molecular complexity index is 611. The molecule has 0 bridgehead atoms. The first-order chi connectivity index (χ1) is 9.60. The monoisotopic (exact) mass is 308 g/mol. The van der Waals surface area contributed by atoms with Crippen LogP contribution in [0.15, 0.2) is 52.3 Å². The molecule has 104 valence electrons. The number of carbonyl (C=O) groups excluding carboxylic acids is 1. The molecule has 0 aliphatic carbocycles. The van der Waals surface area contributed by atoms with Crippen LogP contribution in [0, 0.1) is 0 Å². The first-order valence-corrected chi connectivity index (χ1v) is 7.23. The van der Waals surface area contributed by atoms with Crippen molar-refractivity contribution in [2.75, 3.05) is 6.61 Å². The lowest BCUT2D eigenvalue weighted by Gasteiger charge is -2.07. The lowest BCUT2D eigenvalue weighted by molar-refractivity contribution is 0.0523. The van der Waals surface area contributed by atoms with E-state index in [1.165, 1.54) is 17.8 Å². The second kappa shape index (κ2) is 6.68. The van der Waals surface area contributed by atoms with E-state index in [0.717, 1.165) is 9.79 Å². The van der Waals surface area contributed by atoms with Gasteiger partial charge in [-0.05, 0) is 49.4 Å². The molecule has 0 saturated carbocycles. The number of phenolic OH excluding ortho intramolecular Hbond substituents is 1. The zero-order valence-corrected chi connectivity index (χ0v) is 12.4. The Balaban J connectivity index is 2.22. The summed E-state index contributed by atoms with van der Waals surface area (Å²) < 4.78 is 4.90. The zero-order valence-electron chi connectivity index (χ0n) is 10.8. The summed E-state index contributed by atoms with van der Waals surface area (Å²) in [4.78, 5) is 13.5. The van der Waals surface area contributed by atoms with Gasteiger partial charge in [0.05, 0.1) is 6.61 Å². The fraction of sp³-hybridized carbons (Fsp3) is 0.133. The summed E-state index contributed by atoms with van der Waals surface area (Å²) >= 11 is 7.31. The highest BCUT2D eigenvalue weighted by Crippen LogP contribution is 2.31. The van der Waals surface area contributed by atoms with Gasteiger partial charge in [-0.15, -0.1) is 0 Å². The molecule has 0 aliphatic rings. The van der Waals surface area contributed by atoms with Gasteiger partial charge < -0.3 is 9.84 Å². The number of hydrogen-bond acceptors (Lipinski definition) is 4. The first kappa shape index (κ1) is 14.8. The van der Waals surface area contributed by atoms with E-state index in [1.807, 2.05) is 12.1 Å². The summed E-state index contributed by atoms with van der Waals surface area (Å²) in [6.07, 6.45) is 0. The van der Waals surface area contributed by atoms with Gasteiger partial charge in [0.25, 0.3) is 0 Å². The second-order valence-electron chi connectivity index (χ2n) is 3.96. The van der Waals surface area contributed by atoms with Gasteiger partial charge in [-0.25, -0.2) is 4.79 Å². The lowest BCUT2D eigenvalue weighted by atomic mass is 10.2. The lowest BCUT2D eigenvalue weighted by Crippen LogP contribution is -2.04. The van der Waals surface area contributed by atoms with Crippen molar-refractivity contribution in [1.29, 1.82) is 0 Å². The van der Waals surface area contributed by atoms with Crippen molar-refractivity contribution < 1.29 is 14.6 Å². The Kier molecular flexibility index (Phi) is 4.93. The number of phenols is 1. The van der Waals surface area contributed by atoms with Crippen LogP contribution in [0.4, 0.5) is 0 Å². The number of aromatic hydroxyl groups is 1. The molecule has 0 saturated heterocycles. The molecule has 0 aliphatic heterocycles. The molecule has 0 amide bonds. The number of ether oxygens (including phenoxy) is 1. The van der Waals surface area contributed by atoms with Gasteiger partial charge in [-0.1, -0.05) is 23.4 Å². The molecule has 0 atom stereocenters. The van der Waals surface area contributed by atoms with Crippen molar-refractivity contribution in [3.8, 4) is 5.75 Å². The molecule has 0 aromatic heterocycles. The number of hydrogen-bond donors (Lipinski definition) is 1. The maximum Gasteiger partial charge on any atom is 0.341 e. The quantitative estimate of drug-likeness (QED) is 0.852. The van der Waals surface area contributed by atoms with E-state index in [1.54, 1.807) is 31.2 Å². The standard InChI is InChI=1S/C15H13ClO3S/c1-2-19-15(18)13-9-12(7-8-14(13)17)20-11-5-3-10(16)4-6-11/h3-9,17H,2H2,1H3. The Labute approximate surface area is 126 Å². The highest BCUT2D eigenvalue weighted by Gasteiger charge is 2.13. The third kappa shape index (κ3) is 3.68. The molecular weight excluding hydrogens is 296 g/mol. The summed E-state index contributed by atoms with van der Waals surface area (Å²) in [7, 11) is 0. The summed E-state index contributed by atoms with van der Waals surface area (Å²) in [5, 5.41) is 10.4. The molecule has 0 heterocycles. The summed E-state index contributed by atoms with van der Waals surface area (Å²) in [5.74, 6) is -0.604. The average Bonchev–Trinajstić information content (AvgIpc) is 2.43. The SMILES string of the molecule is CCOC(=O)c1cc(Sc2ccc(Cl)cc2)ccc1O. The fourth-order valence-electron chi connectivity index (χ4n) is 1.59. The number of esters is 1. The van der Waals surface area contributed by atoms with Crippen molar-refractivity contribution >= 4 is 29.3 Å². The molecule has 3 nitrogen and oxygen atoms in total. The fourth-order valence-corrected chi connectivity index (χ4v) is 2.57. The van der Waals surface area contributed by atoms with Crippen LogP contribution >= 0.6 is 23.4 Å². The van der Waals surface area contributed by atoms with Crippen LogP contribution in [-0.4, -0.2) is 17.7 Å². The molecular formula is C15H13ClO3S. The maximum absolute atomic E-state index is 11.7. The number of rotatable bonds is 4. The van der Waals surface area contributed by atoms with Crippen LogP contribution in [0.1, 0.15) is 17.3 Å². The molecule has 2 aromatic rings. The third-order valence-corrected chi connectivity index (χ3v) is 3.76. The van der Waals surface area contributed by atoms with Gasteiger partial charge in [0.15, 0.2) is 0 Å². The molecule has 2 rings (SSSR count). The number of halogens is 1. The summed E-state index contributed by atoms with van der Waals surface area (Å²) in [6, 6.07) is 12.2. The minimum atomic E-state index is -0.524.